The largest absolute Gasteiger partial charge is 0.466 e. The molecule has 1 heterocycles. The highest BCUT2D eigenvalue weighted by molar-refractivity contribution is 5.73. The zero-order valence-corrected chi connectivity index (χ0v) is 8.56. The second-order valence-corrected chi connectivity index (χ2v) is 2.91. The Morgan fingerprint density at radius 2 is 2.31 bits per heavy atom. The Kier molecular flexibility index (Phi) is 3.76. The summed E-state index contributed by atoms with van der Waals surface area (Å²) in [5.41, 5.74) is -1.39. The number of esters is 1. The molecule has 0 bridgehead atoms. The molecule has 0 aliphatic heterocycles. The first-order valence-electron chi connectivity index (χ1n) is 4.56. The summed E-state index contributed by atoms with van der Waals surface area (Å²) in [7, 11) is 0. The van der Waals surface area contributed by atoms with E-state index in [9.17, 15) is 19.7 Å². The average molecular weight is 226 g/mol. The average Bonchev–Trinajstić information content (AvgIpc) is 2.17. The smallest absolute Gasteiger partial charge is 0.335 e. The number of rotatable bonds is 4. The van der Waals surface area contributed by atoms with Gasteiger partial charge >= 0.3 is 11.7 Å². The number of hydrogen-bond donors (Lipinski definition) is 1. The highest BCUT2D eigenvalue weighted by Gasteiger charge is 2.21. The molecule has 0 atom stereocenters. The number of H-pyrrole nitrogens is 1. The van der Waals surface area contributed by atoms with Crippen molar-refractivity contribution in [1.29, 1.82) is 0 Å². The molecule has 7 nitrogen and oxygen atoms in total. The number of hydrogen-bond acceptors (Lipinski definition) is 5. The van der Waals surface area contributed by atoms with Crippen molar-refractivity contribution in [3.8, 4) is 0 Å². The van der Waals surface area contributed by atoms with Crippen molar-refractivity contribution in [2.75, 3.05) is 6.61 Å². The summed E-state index contributed by atoms with van der Waals surface area (Å²) < 4.78 is 4.64. The SMILES string of the molecule is CCOC(=O)Cc1[nH]ccc(=O)c1[N+](=O)[O-]. The maximum atomic E-state index is 11.2. The number of nitrogens with one attached hydrogen (secondary N) is 1. The quantitative estimate of drug-likeness (QED) is 0.454. The number of ether oxygens (including phenoxy) is 1. The molecule has 16 heavy (non-hydrogen) atoms. The number of aromatic amines is 1. The number of carbonyl (C=O) groups is 1. The van der Waals surface area contributed by atoms with Gasteiger partial charge in [-0.25, -0.2) is 0 Å². The number of pyridine rings is 1. The maximum Gasteiger partial charge on any atom is 0.335 e. The zero-order chi connectivity index (χ0) is 12.1. The highest BCUT2D eigenvalue weighted by Crippen LogP contribution is 2.10. The predicted octanol–water partition coefficient (Wildman–Crippen LogP) is 0.389. The molecule has 0 aliphatic rings. The summed E-state index contributed by atoms with van der Waals surface area (Å²) in [6.45, 7) is 1.81. The van der Waals surface area contributed by atoms with Gasteiger partial charge in [-0.3, -0.25) is 19.7 Å². The van der Waals surface area contributed by atoms with Crippen molar-refractivity contribution >= 4 is 11.7 Å². The monoisotopic (exact) mass is 226 g/mol. The summed E-state index contributed by atoms with van der Waals surface area (Å²) >= 11 is 0. The van der Waals surface area contributed by atoms with Gasteiger partial charge in [-0.15, -0.1) is 0 Å². The van der Waals surface area contributed by atoms with Crippen molar-refractivity contribution in [2.45, 2.75) is 13.3 Å². The van der Waals surface area contributed by atoms with Crippen LogP contribution in [0.25, 0.3) is 0 Å². The first kappa shape index (κ1) is 11.9. The molecule has 1 aromatic rings. The summed E-state index contributed by atoms with van der Waals surface area (Å²) in [5, 5.41) is 10.6. The summed E-state index contributed by atoms with van der Waals surface area (Å²) in [4.78, 5) is 34.6. The van der Waals surface area contributed by atoms with Gasteiger partial charge in [0, 0.05) is 12.3 Å². The molecule has 0 amide bonds. The third-order valence-corrected chi connectivity index (χ3v) is 1.82. The van der Waals surface area contributed by atoms with Gasteiger partial charge in [0.05, 0.1) is 18.0 Å². The first-order valence-corrected chi connectivity index (χ1v) is 4.56. The molecule has 7 heteroatoms. The van der Waals surface area contributed by atoms with E-state index in [0.717, 1.165) is 6.07 Å². The molecule has 0 saturated carbocycles. The molecule has 0 unspecified atom stereocenters. The Hall–Kier alpha value is -2.18. The van der Waals surface area contributed by atoms with Crippen molar-refractivity contribution in [1.82, 2.24) is 4.98 Å². The maximum absolute atomic E-state index is 11.2. The molecule has 0 aliphatic carbocycles. The van der Waals surface area contributed by atoms with E-state index in [2.05, 4.69) is 9.72 Å². The Balaban J connectivity index is 3.05. The second kappa shape index (κ2) is 5.06. The second-order valence-electron chi connectivity index (χ2n) is 2.91. The molecule has 0 spiro atoms. The van der Waals surface area contributed by atoms with Crippen LogP contribution in [0.3, 0.4) is 0 Å². The number of nitrogens with zero attached hydrogens (tertiary/aromatic N) is 1. The van der Waals surface area contributed by atoms with Crippen LogP contribution in [-0.2, 0) is 16.0 Å². The minimum absolute atomic E-state index is 0.0454. The number of carbonyl (C=O) groups excluding carboxylic acids is 1. The Labute approximate surface area is 90.2 Å². The van der Waals surface area contributed by atoms with Crippen molar-refractivity contribution in [2.24, 2.45) is 0 Å². The topological polar surface area (TPSA) is 102 Å². The van der Waals surface area contributed by atoms with Crippen LogP contribution in [0.1, 0.15) is 12.6 Å². The molecule has 1 aromatic heterocycles. The van der Waals surface area contributed by atoms with Crippen molar-refractivity contribution in [3.63, 3.8) is 0 Å². The lowest BCUT2D eigenvalue weighted by Gasteiger charge is -2.02. The minimum atomic E-state index is -0.812. The zero-order valence-electron chi connectivity index (χ0n) is 8.56. The molecule has 86 valence electrons. The van der Waals surface area contributed by atoms with Gasteiger partial charge in [0.2, 0.25) is 0 Å². The van der Waals surface area contributed by atoms with Gasteiger partial charge in [-0.1, -0.05) is 0 Å². The van der Waals surface area contributed by atoms with Crippen molar-refractivity contribution < 1.29 is 14.5 Å². The van der Waals surface area contributed by atoms with Crippen LogP contribution >= 0.6 is 0 Å². The molecule has 1 N–H and O–H groups in total. The van der Waals surface area contributed by atoms with E-state index in [1.807, 2.05) is 0 Å². The van der Waals surface area contributed by atoms with Gasteiger partial charge in [0.25, 0.3) is 5.43 Å². The lowest BCUT2D eigenvalue weighted by molar-refractivity contribution is -0.387. The molecule has 0 aromatic carbocycles. The van der Waals surface area contributed by atoms with Crippen molar-refractivity contribution in [3.05, 3.63) is 38.3 Å². The molecular weight excluding hydrogens is 216 g/mol. The predicted molar refractivity (Wildman–Crippen MR) is 54.1 cm³/mol. The molecular formula is C9H10N2O5. The summed E-state index contributed by atoms with van der Waals surface area (Å²) in [5.74, 6) is -0.618. The fourth-order valence-electron chi connectivity index (χ4n) is 1.21. The van der Waals surface area contributed by atoms with Gasteiger partial charge < -0.3 is 9.72 Å². The van der Waals surface area contributed by atoms with Crippen LogP contribution in [0, 0.1) is 10.1 Å². The standard InChI is InChI=1S/C9H10N2O5/c1-2-16-8(13)5-6-9(11(14)15)7(12)3-4-10-6/h3-4H,2,5H2,1H3,(H,10,12). The van der Waals surface area contributed by atoms with E-state index < -0.39 is 22.0 Å². The molecule has 0 radical (unpaired) electrons. The van der Waals surface area contributed by atoms with Gasteiger partial charge in [-0.05, 0) is 6.92 Å². The van der Waals surface area contributed by atoms with Crippen LogP contribution in [0.4, 0.5) is 5.69 Å². The van der Waals surface area contributed by atoms with Crippen LogP contribution in [0.2, 0.25) is 0 Å². The van der Waals surface area contributed by atoms with E-state index in [-0.39, 0.29) is 18.7 Å². The Bertz CT molecular complexity index is 465. The van der Waals surface area contributed by atoms with E-state index >= 15 is 0 Å². The van der Waals surface area contributed by atoms with Gasteiger partial charge in [0.15, 0.2) is 0 Å². The van der Waals surface area contributed by atoms with Crippen LogP contribution in [0.15, 0.2) is 17.1 Å². The third kappa shape index (κ3) is 2.66. The fraction of sp³-hybridized carbons (Fsp3) is 0.333. The van der Waals surface area contributed by atoms with Gasteiger partial charge in [-0.2, -0.15) is 0 Å². The van der Waals surface area contributed by atoms with E-state index in [1.165, 1.54) is 6.20 Å². The van der Waals surface area contributed by atoms with E-state index in [4.69, 9.17) is 0 Å². The Morgan fingerprint density at radius 3 is 2.88 bits per heavy atom. The number of aromatic nitrogens is 1. The molecule has 1 rings (SSSR count). The fourth-order valence-corrected chi connectivity index (χ4v) is 1.21. The molecule has 0 saturated heterocycles. The van der Waals surface area contributed by atoms with Gasteiger partial charge in [0.1, 0.15) is 5.69 Å². The van der Waals surface area contributed by atoms with Crippen LogP contribution in [0.5, 0.6) is 0 Å². The summed E-state index contributed by atoms with van der Waals surface area (Å²) in [6.07, 6.45) is 0.935. The van der Waals surface area contributed by atoms with E-state index in [0.29, 0.717) is 0 Å². The number of nitro groups is 1. The first-order chi connectivity index (χ1) is 7.56. The van der Waals surface area contributed by atoms with E-state index in [1.54, 1.807) is 6.92 Å². The summed E-state index contributed by atoms with van der Waals surface area (Å²) in [6, 6.07) is 1.03. The minimum Gasteiger partial charge on any atom is -0.466 e. The lowest BCUT2D eigenvalue weighted by atomic mass is 10.2. The lowest BCUT2D eigenvalue weighted by Crippen LogP contribution is -2.16. The highest BCUT2D eigenvalue weighted by atomic mass is 16.6. The third-order valence-electron chi connectivity index (χ3n) is 1.82. The van der Waals surface area contributed by atoms with Crippen LogP contribution < -0.4 is 5.43 Å². The van der Waals surface area contributed by atoms with Crippen LogP contribution in [-0.4, -0.2) is 22.5 Å². The molecule has 0 fully saturated rings. The Morgan fingerprint density at radius 1 is 1.62 bits per heavy atom. The normalized spacial score (nSPS) is 9.81.